The molecule has 1 saturated heterocycles. The SMILES string of the molecule is Cc1ccc2[nH]c(=O)c([C@@H](c3nnnn3Cc3ccccc3)N3CCCC4(CCCCC4)C3)cc2c1. The highest BCUT2D eigenvalue weighted by atomic mass is 16.1. The van der Waals surface area contributed by atoms with E-state index < -0.39 is 0 Å². The molecule has 186 valence electrons. The number of hydrogen-bond acceptors (Lipinski definition) is 5. The van der Waals surface area contributed by atoms with Crippen molar-refractivity contribution in [3.63, 3.8) is 0 Å². The lowest BCUT2D eigenvalue weighted by Gasteiger charge is -2.47. The zero-order valence-corrected chi connectivity index (χ0v) is 21.0. The van der Waals surface area contributed by atoms with Gasteiger partial charge in [0.15, 0.2) is 5.82 Å². The number of nitrogens with one attached hydrogen (secondary N) is 1. The Bertz CT molecular complexity index is 1400. The molecule has 1 saturated carbocycles. The number of pyridine rings is 1. The lowest BCUT2D eigenvalue weighted by Crippen LogP contribution is -2.47. The van der Waals surface area contributed by atoms with Gasteiger partial charge in [0.1, 0.15) is 6.04 Å². The molecule has 6 rings (SSSR count). The molecule has 0 radical (unpaired) electrons. The maximum Gasteiger partial charge on any atom is 0.253 e. The van der Waals surface area contributed by atoms with Gasteiger partial charge in [-0.05, 0) is 84.1 Å². The second kappa shape index (κ2) is 9.62. The summed E-state index contributed by atoms with van der Waals surface area (Å²) in [5, 5.41) is 14.1. The Balaban J connectivity index is 1.46. The minimum absolute atomic E-state index is 0.0612. The molecule has 4 aromatic rings. The minimum atomic E-state index is -0.295. The first-order chi connectivity index (χ1) is 17.6. The Kier molecular flexibility index (Phi) is 6.17. The number of fused-ring (bicyclic) bond motifs is 1. The van der Waals surface area contributed by atoms with Gasteiger partial charge in [0.05, 0.1) is 6.54 Å². The van der Waals surface area contributed by atoms with Crippen molar-refractivity contribution in [1.82, 2.24) is 30.1 Å². The van der Waals surface area contributed by atoms with Crippen LogP contribution in [0.5, 0.6) is 0 Å². The van der Waals surface area contributed by atoms with Gasteiger partial charge in [-0.2, -0.15) is 0 Å². The number of tetrazole rings is 1. The summed E-state index contributed by atoms with van der Waals surface area (Å²) in [7, 11) is 0. The number of aromatic nitrogens is 5. The van der Waals surface area contributed by atoms with Crippen molar-refractivity contribution in [2.24, 2.45) is 5.41 Å². The van der Waals surface area contributed by atoms with Gasteiger partial charge < -0.3 is 4.98 Å². The van der Waals surface area contributed by atoms with Gasteiger partial charge in [-0.3, -0.25) is 9.69 Å². The summed E-state index contributed by atoms with van der Waals surface area (Å²) < 4.78 is 1.88. The summed E-state index contributed by atoms with van der Waals surface area (Å²) in [6.45, 7) is 4.58. The first-order valence-corrected chi connectivity index (χ1v) is 13.3. The van der Waals surface area contributed by atoms with Crippen molar-refractivity contribution in [2.75, 3.05) is 13.1 Å². The van der Waals surface area contributed by atoms with E-state index in [-0.39, 0.29) is 11.6 Å². The molecule has 0 amide bonds. The van der Waals surface area contributed by atoms with Gasteiger partial charge in [-0.15, -0.1) is 5.10 Å². The molecule has 3 heterocycles. The van der Waals surface area contributed by atoms with E-state index in [1.165, 1.54) is 44.1 Å². The van der Waals surface area contributed by atoms with Crippen LogP contribution in [0, 0.1) is 12.3 Å². The van der Waals surface area contributed by atoms with Crippen LogP contribution in [0.1, 0.15) is 73.5 Å². The first kappa shape index (κ1) is 23.1. The number of likely N-dealkylation sites (tertiary alicyclic amines) is 1. The zero-order valence-electron chi connectivity index (χ0n) is 21.0. The monoisotopic (exact) mass is 482 g/mol. The van der Waals surface area contributed by atoms with Crippen LogP contribution < -0.4 is 5.56 Å². The number of hydrogen-bond donors (Lipinski definition) is 1. The fraction of sp³-hybridized carbons (Fsp3) is 0.448. The molecule has 0 bridgehead atoms. The van der Waals surface area contributed by atoms with Crippen molar-refractivity contribution in [3.05, 3.63) is 87.5 Å². The average Bonchev–Trinajstić information content (AvgIpc) is 3.33. The zero-order chi connectivity index (χ0) is 24.5. The number of H-pyrrole nitrogens is 1. The molecule has 2 aliphatic rings. The van der Waals surface area contributed by atoms with Crippen LogP contribution >= 0.6 is 0 Å². The van der Waals surface area contributed by atoms with Gasteiger partial charge in [-0.25, -0.2) is 4.68 Å². The van der Waals surface area contributed by atoms with E-state index in [4.69, 9.17) is 0 Å². The molecule has 1 atom stereocenters. The number of benzene rings is 2. The van der Waals surface area contributed by atoms with Gasteiger partial charge in [0.25, 0.3) is 5.56 Å². The lowest BCUT2D eigenvalue weighted by molar-refractivity contribution is 0.0340. The Morgan fingerprint density at radius 3 is 2.64 bits per heavy atom. The highest BCUT2D eigenvalue weighted by Gasteiger charge is 2.41. The summed E-state index contributed by atoms with van der Waals surface area (Å²) in [5.41, 5.74) is 4.17. The average molecular weight is 483 g/mol. The molecular formula is C29H34N6O. The Morgan fingerprint density at radius 2 is 1.81 bits per heavy atom. The molecule has 7 nitrogen and oxygen atoms in total. The van der Waals surface area contributed by atoms with Crippen LogP contribution in [0.4, 0.5) is 0 Å². The molecule has 2 fully saturated rings. The maximum atomic E-state index is 13.6. The number of nitrogens with zero attached hydrogens (tertiary/aromatic N) is 5. The van der Waals surface area contributed by atoms with E-state index >= 15 is 0 Å². The fourth-order valence-corrected chi connectivity index (χ4v) is 6.50. The summed E-state index contributed by atoms with van der Waals surface area (Å²) in [5.74, 6) is 0.740. The number of aromatic amines is 1. The summed E-state index contributed by atoms with van der Waals surface area (Å²) in [4.78, 5) is 19.2. The molecule has 1 N–H and O–H groups in total. The van der Waals surface area contributed by atoms with Crippen molar-refractivity contribution >= 4 is 10.9 Å². The third-order valence-electron chi connectivity index (χ3n) is 8.27. The van der Waals surface area contributed by atoms with E-state index in [2.05, 4.69) is 56.6 Å². The first-order valence-electron chi connectivity index (χ1n) is 13.3. The Labute approximate surface area is 211 Å². The third kappa shape index (κ3) is 4.48. The largest absolute Gasteiger partial charge is 0.322 e. The van der Waals surface area contributed by atoms with Crippen LogP contribution in [-0.4, -0.2) is 43.2 Å². The molecule has 2 aromatic heterocycles. The fourth-order valence-electron chi connectivity index (χ4n) is 6.50. The smallest absolute Gasteiger partial charge is 0.253 e. The lowest BCUT2D eigenvalue weighted by atomic mass is 9.69. The highest BCUT2D eigenvalue weighted by Crippen LogP contribution is 2.45. The number of rotatable bonds is 5. The standard InChI is InChI=1S/C29H34N6O/c1-21-11-12-25-23(17-21)18-24(28(36)30-25)26(34-16-8-15-29(20-34)13-6-3-7-14-29)27-31-32-33-35(27)19-22-9-4-2-5-10-22/h2,4-5,9-12,17-18,26H,3,6-8,13-16,19-20H2,1H3,(H,30,36)/t26-/m0/s1. The molecule has 36 heavy (non-hydrogen) atoms. The number of piperidine rings is 1. The van der Waals surface area contributed by atoms with Crippen LogP contribution in [0.15, 0.2) is 59.4 Å². The molecular weight excluding hydrogens is 448 g/mol. The molecule has 1 aliphatic carbocycles. The van der Waals surface area contributed by atoms with Crippen LogP contribution in [0.2, 0.25) is 0 Å². The highest BCUT2D eigenvalue weighted by molar-refractivity contribution is 5.79. The van der Waals surface area contributed by atoms with Gasteiger partial charge in [0, 0.05) is 17.6 Å². The van der Waals surface area contributed by atoms with Crippen LogP contribution in [0.25, 0.3) is 10.9 Å². The van der Waals surface area contributed by atoms with Gasteiger partial charge in [-0.1, -0.05) is 61.2 Å². The summed E-state index contributed by atoms with van der Waals surface area (Å²) >= 11 is 0. The van der Waals surface area contributed by atoms with E-state index in [1.54, 1.807) is 0 Å². The summed E-state index contributed by atoms with van der Waals surface area (Å²) in [6, 6.07) is 18.2. The van der Waals surface area contributed by atoms with Gasteiger partial charge >= 0.3 is 0 Å². The summed E-state index contributed by atoms with van der Waals surface area (Å²) in [6.07, 6.45) is 8.92. The van der Waals surface area contributed by atoms with Crippen molar-refractivity contribution in [1.29, 1.82) is 0 Å². The maximum absolute atomic E-state index is 13.6. The van der Waals surface area contributed by atoms with Crippen molar-refractivity contribution < 1.29 is 0 Å². The van der Waals surface area contributed by atoms with E-state index in [1.807, 2.05) is 35.0 Å². The van der Waals surface area contributed by atoms with Gasteiger partial charge in [0.2, 0.25) is 0 Å². The molecule has 2 aromatic carbocycles. The third-order valence-corrected chi connectivity index (χ3v) is 8.27. The minimum Gasteiger partial charge on any atom is -0.322 e. The topological polar surface area (TPSA) is 79.7 Å². The van der Waals surface area contributed by atoms with Crippen molar-refractivity contribution in [2.45, 2.75) is 64.5 Å². The van der Waals surface area contributed by atoms with Crippen LogP contribution in [0.3, 0.4) is 0 Å². The Hall–Kier alpha value is -3.32. The Morgan fingerprint density at radius 1 is 1.00 bits per heavy atom. The quantitative estimate of drug-likeness (QED) is 0.433. The van der Waals surface area contributed by atoms with Crippen molar-refractivity contribution in [3.8, 4) is 0 Å². The molecule has 0 unspecified atom stereocenters. The molecule has 7 heteroatoms. The predicted molar refractivity (Wildman–Crippen MR) is 141 cm³/mol. The number of aryl methyl sites for hydroxylation is 1. The predicted octanol–water partition coefficient (Wildman–Crippen LogP) is 5.01. The molecule has 1 spiro atoms. The normalized spacial score (nSPS) is 19.0. The van der Waals surface area contributed by atoms with Crippen LogP contribution in [-0.2, 0) is 6.54 Å². The van der Waals surface area contributed by atoms with E-state index in [9.17, 15) is 4.79 Å². The van der Waals surface area contributed by atoms with E-state index in [0.717, 1.165) is 47.4 Å². The second-order valence-electron chi connectivity index (χ2n) is 10.9. The second-order valence-corrected chi connectivity index (χ2v) is 10.9. The van der Waals surface area contributed by atoms with E-state index in [0.29, 0.717) is 12.0 Å². The molecule has 1 aliphatic heterocycles.